The third kappa shape index (κ3) is 11.8. The first-order chi connectivity index (χ1) is 33.7. The van der Waals surface area contributed by atoms with Crippen molar-refractivity contribution in [3.8, 4) is 0 Å². The van der Waals surface area contributed by atoms with E-state index in [1.54, 1.807) is 103 Å². The van der Waals surface area contributed by atoms with Crippen molar-refractivity contribution in [1.29, 1.82) is 0 Å². The van der Waals surface area contributed by atoms with Gasteiger partial charge in [0.1, 0.15) is 0 Å². The highest BCUT2D eigenvalue weighted by atomic mass is 15.2. The molecule has 0 bridgehead atoms. The zero-order valence-corrected chi connectivity index (χ0v) is 44.7. The second-order valence-electron chi connectivity index (χ2n) is 27.7. The molecule has 4 atom stereocenters. The Balaban J connectivity index is 0.728. The van der Waals surface area contributed by atoms with E-state index in [-0.39, 0.29) is 0 Å². The molecule has 68 heavy (non-hydrogen) atoms. The molecule has 2 heteroatoms. The SMILES string of the molecule is C(=CC1CCC(N(C2CCCCC2)C2CCC(C3C4CCCCC4C(C4CCC(N(C5CCCCC5)C5CCC(C=CC6CCCCC6)CC5)CC4)C4CCCCC43)CC2)CC1)C1CCCCC1. The van der Waals surface area contributed by atoms with Gasteiger partial charge >= 0.3 is 0 Å². The zero-order chi connectivity index (χ0) is 45.5. The average Bonchev–Trinajstić information content (AvgIpc) is 3.41. The highest BCUT2D eigenvalue weighted by Gasteiger charge is 2.55. The van der Waals surface area contributed by atoms with Crippen molar-refractivity contribution in [1.82, 2.24) is 9.80 Å². The van der Waals surface area contributed by atoms with Gasteiger partial charge < -0.3 is 0 Å². The lowest BCUT2D eigenvalue weighted by atomic mass is 9.45. The van der Waals surface area contributed by atoms with Crippen LogP contribution in [0, 0.1) is 71.0 Å². The molecule has 0 heterocycles. The molecule has 11 fully saturated rings. The number of nitrogens with zero attached hydrogens (tertiary/aromatic N) is 2. The molecule has 384 valence electrons. The van der Waals surface area contributed by atoms with Crippen LogP contribution in [0.4, 0.5) is 0 Å². The average molecular weight is 932 g/mol. The van der Waals surface area contributed by atoms with Crippen molar-refractivity contribution in [3.05, 3.63) is 24.3 Å². The lowest BCUT2D eigenvalue weighted by molar-refractivity contribution is -0.118. The molecule has 0 aliphatic heterocycles. The number of hydrogen-bond donors (Lipinski definition) is 0. The van der Waals surface area contributed by atoms with Crippen LogP contribution in [-0.2, 0) is 0 Å². The van der Waals surface area contributed by atoms with Gasteiger partial charge in [-0.25, -0.2) is 0 Å². The fraction of sp³-hybridized carbons (Fsp3) is 0.939. The van der Waals surface area contributed by atoms with Gasteiger partial charge in [0.2, 0.25) is 0 Å². The minimum Gasteiger partial charge on any atom is -0.294 e. The molecule has 4 unspecified atom stereocenters. The van der Waals surface area contributed by atoms with E-state index in [0.29, 0.717) is 0 Å². The Hall–Kier alpha value is -0.600. The highest BCUT2D eigenvalue weighted by molar-refractivity contribution is 5.06. The second-order valence-corrected chi connectivity index (χ2v) is 27.7. The first-order valence-corrected chi connectivity index (χ1v) is 32.6. The largest absolute Gasteiger partial charge is 0.294 e. The first-order valence-electron chi connectivity index (χ1n) is 32.6. The van der Waals surface area contributed by atoms with Crippen molar-refractivity contribution < 1.29 is 0 Å². The standard InChI is InChI=1S/C66H110N2/c1-5-17-49(18-6-1)29-31-51-33-41-57(42-34-51)67(55-21-9-3-10-22-55)59-45-37-53(38-46-59)65-61-25-13-15-27-63(61)66(64-28-16-14-26-62(64)65)54-39-47-60(48-40-54)68(56-23-11-4-12-24-56)58-43-35-52(36-44-58)32-30-50-19-7-2-8-20-50/h29-32,49-66H,1-28,33-48H2. The molecular formula is C66H110N2. The Morgan fingerprint density at radius 2 is 0.412 bits per heavy atom. The van der Waals surface area contributed by atoms with E-state index in [2.05, 4.69) is 34.1 Å². The molecule has 11 saturated carbocycles. The van der Waals surface area contributed by atoms with Gasteiger partial charge in [0, 0.05) is 36.3 Å². The Kier molecular flexibility index (Phi) is 18.0. The van der Waals surface area contributed by atoms with Gasteiger partial charge in [0.05, 0.1) is 0 Å². The molecule has 11 aliphatic carbocycles. The summed E-state index contributed by atoms with van der Waals surface area (Å²) in [5.74, 6) is 12.2. The zero-order valence-electron chi connectivity index (χ0n) is 44.7. The maximum atomic E-state index is 3.31. The van der Waals surface area contributed by atoms with Gasteiger partial charge in [-0.2, -0.15) is 0 Å². The van der Waals surface area contributed by atoms with E-state index in [1.165, 1.54) is 180 Å². The predicted octanol–water partition coefficient (Wildman–Crippen LogP) is 18.6. The molecule has 0 aromatic carbocycles. The quantitative estimate of drug-likeness (QED) is 0.180. The van der Waals surface area contributed by atoms with Crippen LogP contribution in [0.1, 0.15) is 283 Å². The lowest BCUT2D eigenvalue weighted by Gasteiger charge is -2.61. The van der Waals surface area contributed by atoms with Gasteiger partial charge in [-0.15, -0.1) is 0 Å². The molecular weight excluding hydrogens is 821 g/mol. The maximum Gasteiger partial charge on any atom is 0.0102 e. The maximum absolute atomic E-state index is 3.31. The summed E-state index contributed by atoms with van der Waals surface area (Å²) in [7, 11) is 0. The van der Waals surface area contributed by atoms with Gasteiger partial charge in [-0.3, -0.25) is 9.80 Å². The summed E-state index contributed by atoms with van der Waals surface area (Å²) in [6, 6.07) is 5.38. The molecule has 11 rings (SSSR count). The third-order valence-electron chi connectivity index (χ3n) is 24.1. The molecule has 11 aliphatic rings. The molecule has 0 amide bonds. The second kappa shape index (κ2) is 24.6. The van der Waals surface area contributed by atoms with E-state index < -0.39 is 0 Å². The van der Waals surface area contributed by atoms with Crippen molar-refractivity contribution in [2.45, 2.75) is 319 Å². The molecule has 0 aromatic rings. The Morgan fingerprint density at radius 3 is 0.706 bits per heavy atom. The van der Waals surface area contributed by atoms with Gasteiger partial charge in [0.25, 0.3) is 0 Å². The van der Waals surface area contributed by atoms with Crippen molar-refractivity contribution in [2.75, 3.05) is 0 Å². The van der Waals surface area contributed by atoms with E-state index >= 15 is 0 Å². The summed E-state index contributed by atoms with van der Waals surface area (Å²) in [6.07, 6.45) is 77.8. The van der Waals surface area contributed by atoms with E-state index in [1.807, 2.05) is 0 Å². The van der Waals surface area contributed by atoms with Crippen molar-refractivity contribution in [3.63, 3.8) is 0 Å². The van der Waals surface area contributed by atoms with Crippen LogP contribution in [0.15, 0.2) is 24.3 Å². The minimum atomic E-state index is 0.874. The summed E-state index contributed by atoms with van der Waals surface area (Å²) >= 11 is 0. The van der Waals surface area contributed by atoms with Crippen molar-refractivity contribution in [2.24, 2.45) is 71.0 Å². The Morgan fingerprint density at radius 1 is 0.191 bits per heavy atom. The molecule has 2 nitrogen and oxygen atoms in total. The van der Waals surface area contributed by atoms with Gasteiger partial charge in [0.15, 0.2) is 0 Å². The smallest absolute Gasteiger partial charge is 0.0102 e. The summed E-state index contributed by atoms with van der Waals surface area (Å²) in [4.78, 5) is 6.63. The molecule has 0 aromatic heterocycles. The fourth-order valence-electron chi connectivity index (χ4n) is 20.9. The number of fused-ring (bicyclic) bond motifs is 2. The monoisotopic (exact) mass is 931 g/mol. The Bertz CT molecular complexity index is 1370. The minimum absolute atomic E-state index is 0.874. The van der Waals surface area contributed by atoms with Crippen LogP contribution >= 0.6 is 0 Å². The lowest BCUT2D eigenvalue weighted by Crippen LogP contribution is -2.56. The van der Waals surface area contributed by atoms with E-state index in [9.17, 15) is 0 Å². The van der Waals surface area contributed by atoms with Crippen molar-refractivity contribution >= 4 is 0 Å². The number of rotatable bonds is 12. The molecule has 0 saturated heterocycles. The highest BCUT2D eigenvalue weighted by Crippen LogP contribution is 2.62. The van der Waals surface area contributed by atoms with Crippen LogP contribution in [0.25, 0.3) is 0 Å². The molecule has 0 N–H and O–H groups in total. The van der Waals surface area contributed by atoms with Crippen LogP contribution in [0.2, 0.25) is 0 Å². The number of hydrogen-bond acceptors (Lipinski definition) is 2. The third-order valence-corrected chi connectivity index (χ3v) is 24.1. The summed E-state index contributed by atoms with van der Waals surface area (Å²) < 4.78 is 0. The number of allylic oxidation sites excluding steroid dienone is 4. The predicted molar refractivity (Wildman–Crippen MR) is 290 cm³/mol. The molecule has 0 spiro atoms. The normalized spacial score (nSPS) is 42.7. The van der Waals surface area contributed by atoms with Crippen LogP contribution in [0.5, 0.6) is 0 Å². The Labute approximate surface area is 422 Å². The summed E-state index contributed by atoms with van der Waals surface area (Å²) in [6.45, 7) is 0. The van der Waals surface area contributed by atoms with Gasteiger partial charge in [-0.1, -0.05) is 127 Å². The van der Waals surface area contributed by atoms with Gasteiger partial charge in [-0.05, 0) is 251 Å². The van der Waals surface area contributed by atoms with E-state index in [0.717, 1.165) is 107 Å². The van der Waals surface area contributed by atoms with Crippen LogP contribution in [0.3, 0.4) is 0 Å². The summed E-state index contributed by atoms with van der Waals surface area (Å²) in [5, 5.41) is 0. The fourth-order valence-corrected chi connectivity index (χ4v) is 20.9. The molecule has 0 radical (unpaired) electrons. The van der Waals surface area contributed by atoms with Crippen LogP contribution < -0.4 is 0 Å². The van der Waals surface area contributed by atoms with Crippen LogP contribution in [-0.4, -0.2) is 46.1 Å². The summed E-state index contributed by atoms with van der Waals surface area (Å²) in [5.41, 5.74) is 0. The van der Waals surface area contributed by atoms with E-state index in [4.69, 9.17) is 0 Å². The topological polar surface area (TPSA) is 6.48 Å². The first kappa shape index (κ1) is 49.6.